The summed E-state index contributed by atoms with van der Waals surface area (Å²) >= 11 is 10.3. The van der Waals surface area contributed by atoms with Gasteiger partial charge >= 0.3 is 0 Å². The highest BCUT2D eigenvalue weighted by atomic mass is 79.9. The van der Waals surface area contributed by atoms with Gasteiger partial charge in [-0.05, 0) is 52.3 Å². The van der Waals surface area contributed by atoms with Gasteiger partial charge < -0.3 is 9.73 Å². The number of amides is 1. The molecule has 3 rings (SSSR count). The third-order valence-corrected chi connectivity index (χ3v) is 4.36. The van der Waals surface area contributed by atoms with Crippen molar-refractivity contribution >= 4 is 51.0 Å². The Labute approximate surface area is 155 Å². The Morgan fingerprint density at radius 1 is 1.21 bits per heavy atom. The number of pyridine rings is 1. The zero-order chi connectivity index (χ0) is 16.9. The topological polar surface area (TPSA) is 80.9 Å². The number of nitrogens with one attached hydrogen (secondary N) is 1. The number of benzene rings is 1. The molecule has 122 valence electrons. The molecule has 0 aliphatic heterocycles. The lowest BCUT2D eigenvalue weighted by molar-refractivity contribution is -0.113. The fourth-order valence-corrected chi connectivity index (χ4v) is 2.66. The molecule has 0 spiro atoms. The van der Waals surface area contributed by atoms with E-state index in [0.717, 1.165) is 21.8 Å². The molecule has 1 aromatic carbocycles. The molecule has 1 N–H and O–H groups in total. The summed E-state index contributed by atoms with van der Waals surface area (Å²) in [6.07, 6.45) is 1.61. The van der Waals surface area contributed by atoms with Gasteiger partial charge in [0.1, 0.15) is 5.82 Å². The van der Waals surface area contributed by atoms with E-state index in [1.165, 1.54) is 0 Å². The van der Waals surface area contributed by atoms with E-state index in [1.54, 1.807) is 42.6 Å². The van der Waals surface area contributed by atoms with E-state index in [9.17, 15) is 4.79 Å². The third-order valence-electron chi connectivity index (χ3n) is 2.82. The van der Waals surface area contributed by atoms with Gasteiger partial charge in [0.05, 0.1) is 5.75 Å². The minimum Gasteiger partial charge on any atom is -0.411 e. The van der Waals surface area contributed by atoms with Gasteiger partial charge in [0, 0.05) is 21.3 Å². The smallest absolute Gasteiger partial charge is 0.277 e. The highest BCUT2D eigenvalue weighted by molar-refractivity contribution is 9.10. The van der Waals surface area contributed by atoms with Gasteiger partial charge in [-0.15, -0.1) is 10.2 Å². The van der Waals surface area contributed by atoms with Gasteiger partial charge in [-0.2, -0.15) is 0 Å². The number of carbonyl (C=O) groups excluding carboxylic acids is 1. The lowest BCUT2D eigenvalue weighted by atomic mass is 10.2. The number of anilines is 1. The van der Waals surface area contributed by atoms with E-state index in [2.05, 4.69) is 36.4 Å². The molecule has 24 heavy (non-hydrogen) atoms. The standard InChI is InChI=1S/C15H10BrClN4O2S/c16-10-3-6-12(18-7-10)19-13(22)8-24-15-21-20-14(23-15)9-1-4-11(17)5-2-9/h1-7H,8H2,(H,18,19,22). The van der Waals surface area contributed by atoms with Crippen LogP contribution >= 0.6 is 39.3 Å². The molecule has 0 saturated heterocycles. The second kappa shape index (κ2) is 7.78. The van der Waals surface area contributed by atoms with E-state index in [0.29, 0.717) is 22.0 Å². The predicted octanol–water partition coefficient (Wildman–Crippen LogP) is 4.28. The van der Waals surface area contributed by atoms with Crippen molar-refractivity contribution in [3.63, 3.8) is 0 Å². The van der Waals surface area contributed by atoms with Gasteiger partial charge in [0.2, 0.25) is 11.8 Å². The number of hydrogen-bond acceptors (Lipinski definition) is 6. The molecule has 0 aliphatic carbocycles. The van der Waals surface area contributed by atoms with Crippen molar-refractivity contribution in [1.29, 1.82) is 0 Å². The monoisotopic (exact) mass is 424 g/mol. The Hall–Kier alpha value is -1.90. The Kier molecular flexibility index (Phi) is 5.49. The van der Waals surface area contributed by atoms with Crippen molar-refractivity contribution in [2.75, 3.05) is 11.1 Å². The molecule has 0 fully saturated rings. The lowest BCUT2D eigenvalue weighted by Gasteiger charge is -2.02. The number of thioether (sulfide) groups is 1. The maximum atomic E-state index is 11.9. The first-order chi connectivity index (χ1) is 11.6. The normalized spacial score (nSPS) is 10.6. The van der Waals surface area contributed by atoms with Crippen molar-refractivity contribution < 1.29 is 9.21 Å². The summed E-state index contributed by atoms with van der Waals surface area (Å²) in [7, 11) is 0. The molecule has 0 bridgehead atoms. The van der Waals surface area contributed by atoms with E-state index >= 15 is 0 Å². The number of aromatic nitrogens is 3. The molecule has 3 aromatic rings. The lowest BCUT2D eigenvalue weighted by Crippen LogP contribution is -2.14. The van der Waals surface area contributed by atoms with E-state index < -0.39 is 0 Å². The van der Waals surface area contributed by atoms with E-state index in [4.69, 9.17) is 16.0 Å². The van der Waals surface area contributed by atoms with Crippen LogP contribution in [0, 0.1) is 0 Å². The molecule has 0 unspecified atom stereocenters. The Morgan fingerprint density at radius 3 is 2.71 bits per heavy atom. The van der Waals surface area contributed by atoms with Gasteiger partial charge in [-0.25, -0.2) is 4.98 Å². The fourth-order valence-electron chi connectivity index (χ4n) is 1.73. The van der Waals surface area contributed by atoms with Gasteiger partial charge in [-0.3, -0.25) is 4.79 Å². The van der Waals surface area contributed by atoms with Crippen LogP contribution in [0.1, 0.15) is 0 Å². The minimum absolute atomic E-state index is 0.139. The summed E-state index contributed by atoms with van der Waals surface area (Å²) in [6.45, 7) is 0. The molecule has 0 radical (unpaired) electrons. The van der Waals surface area contributed by atoms with Crippen LogP contribution in [0.2, 0.25) is 5.02 Å². The maximum Gasteiger partial charge on any atom is 0.277 e. The zero-order valence-electron chi connectivity index (χ0n) is 12.1. The van der Waals surface area contributed by atoms with Crippen LogP contribution in [0.4, 0.5) is 5.82 Å². The molecule has 1 amide bonds. The van der Waals surface area contributed by atoms with Crippen LogP contribution in [-0.2, 0) is 4.79 Å². The van der Waals surface area contributed by atoms with Crippen LogP contribution in [0.15, 0.2) is 56.7 Å². The molecule has 0 saturated carbocycles. The average molecular weight is 426 g/mol. The summed E-state index contributed by atoms with van der Waals surface area (Å²) < 4.78 is 6.36. The van der Waals surface area contributed by atoms with Crippen LogP contribution in [0.3, 0.4) is 0 Å². The largest absolute Gasteiger partial charge is 0.411 e. The van der Waals surface area contributed by atoms with Crippen molar-refractivity contribution in [3.8, 4) is 11.5 Å². The highest BCUT2D eigenvalue weighted by Crippen LogP contribution is 2.24. The predicted molar refractivity (Wildman–Crippen MR) is 96.0 cm³/mol. The van der Waals surface area contributed by atoms with E-state index in [1.807, 2.05) is 0 Å². The average Bonchev–Trinajstić information content (AvgIpc) is 3.05. The molecular formula is C15H10BrClN4O2S. The quantitative estimate of drug-likeness (QED) is 0.615. The number of hydrogen-bond donors (Lipinski definition) is 1. The zero-order valence-corrected chi connectivity index (χ0v) is 15.2. The SMILES string of the molecule is O=C(CSc1nnc(-c2ccc(Cl)cc2)o1)Nc1ccc(Br)cn1. The van der Waals surface area contributed by atoms with Gasteiger partial charge in [-0.1, -0.05) is 23.4 Å². The summed E-state index contributed by atoms with van der Waals surface area (Å²) in [4.78, 5) is 16.0. The molecule has 0 aliphatic rings. The van der Waals surface area contributed by atoms with E-state index in [-0.39, 0.29) is 11.7 Å². The minimum atomic E-state index is -0.207. The molecule has 9 heteroatoms. The fraction of sp³-hybridized carbons (Fsp3) is 0.0667. The molecule has 6 nitrogen and oxygen atoms in total. The van der Waals surface area contributed by atoms with Crippen molar-refractivity contribution in [3.05, 3.63) is 52.1 Å². The number of nitrogens with zero attached hydrogens (tertiary/aromatic N) is 3. The number of rotatable bonds is 5. The second-order valence-corrected chi connectivity index (χ2v) is 6.86. The number of halogens is 2. The van der Waals surface area contributed by atoms with Crippen LogP contribution in [-0.4, -0.2) is 26.8 Å². The van der Waals surface area contributed by atoms with Crippen molar-refractivity contribution in [2.24, 2.45) is 0 Å². The molecule has 2 heterocycles. The Bertz CT molecular complexity index is 839. The summed E-state index contributed by atoms with van der Waals surface area (Å²) in [6, 6.07) is 10.6. The Balaban J connectivity index is 1.56. The maximum absolute atomic E-state index is 11.9. The Morgan fingerprint density at radius 2 is 2.00 bits per heavy atom. The summed E-state index contributed by atoms with van der Waals surface area (Å²) in [5.41, 5.74) is 0.766. The van der Waals surface area contributed by atoms with Crippen LogP contribution in [0.25, 0.3) is 11.5 Å². The van der Waals surface area contributed by atoms with Crippen LogP contribution in [0.5, 0.6) is 0 Å². The third kappa shape index (κ3) is 4.56. The van der Waals surface area contributed by atoms with Crippen molar-refractivity contribution in [1.82, 2.24) is 15.2 Å². The van der Waals surface area contributed by atoms with Gasteiger partial charge in [0.25, 0.3) is 5.22 Å². The first-order valence-electron chi connectivity index (χ1n) is 6.74. The molecule has 2 aromatic heterocycles. The van der Waals surface area contributed by atoms with Gasteiger partial charge in [0.15, 0.2) is 0 Å². The van der Waals surface area contributed by atoms with Crippen molar-refractivity contribution in [2.45, 2.75) is 5.22 Å². The molecule has 0 atom stereocenters. The first-order valence-corrected chi connectivity index (χ1v) is 8.89. The summed E-state index contributed by atoms with van der Waals surface area (Å²) in [5.74, 6) is 0.793. The second-order valence-electron chi connectivity index (χ2n) is 4.58. The summed E-state index contributed by atoms with van der Waals surface area (Å²) in [5, 5.41) is 11.5. The first kappa shape index (κ1) is 16.9. The number of carbonyl (C=O) groups is 1. The highest BCUT2D eigenvalue weighted by Gasteiger charge is 2.11. The van der Waals surface area contributed by atoms with Crippen LogP contribution < -0.4 is 5.32 Å². The molecular weight excluding hydrogens is 416 g/mol.